The summed E-state index contributed by atoms with van der Waals surface area (Å²) in [5.41, 5.74) is 4.57. The number of nitrogens with one attached hydrogen (secondary N) is 1. The summed E-state index contributed by atoms with van der Waals surface area (Å²) in [6, 6.07) is 15.9. The van der Waals surface area contributed by atoms with Crippen LogP contribution in [0.1, 0.15) is 24.0 Å². The average Bonchev–Trinajstić information content (AvgIpc) is 3.56. The molecular weight excluding hydrogens is 474 g/mol. The van der Waals surface area contributed by atoms with Gasteiger partial charge in [-0.2, -0.15) is 9.61 Å². The van der Waals surface area contributed by atoms with Crippen LogP contribution in [0.2, 0.25) is 5.02 Å². The standard InChI is InChI=1S/C28H28ClN5O2/c1-2-20-16-31-34-26(14-24(32-28(20)34)22-7-3-4-8-23(22)29)30-15-19-10-12-33(13-11-19)17-21-6-5-9-25-27(21)36-18-35-25/h2-9,14,16,19,30H,1,10-13,15,17-18H2. The van der Waals surface area contributed by atoms with E-state index in [2.05, 4.69) is 28.0 Å². The van der Waals surface area contributed by atoms with Crippen molar-refractivity contribution >= 4 is 29.1 Å². The van der Waals surface area contributed by atoms with E-state index in [4.69, 9.17) is 26.1 Å². The van der Waals surface area contributed by atoms with Gasteiger partial charge < -0.3 is 14.8 Å². The van der Waals surface area contributed by atoms with Gasteiger partial charge in [-0.15, -0.1) is 0 Å². The van der Waals surface area contributed by atoms with Crippen LogP contribution in [-0.2, 0) is 6.54 Å². The second-order valence-corrected chi connectivity index (χ2v) is 9.70. The molecule has 0 bridgehead atoms. The van der Waals surface area contributed by atoms with Crippen molar-refractivity contribution in [1.82, 2.24) is 19.5 Å². The van der Waals surface area contributed by atoms with Crippen molar-refractivity contribution in [2.45, 2.75) is 19.4 Å². The summed E-state index contributed by atoms with van der Waals surface area (Å²) < 4.78 is 13.1. The van der Waals surface area contributed by atoms with Gasteiger partial charge in [0.15, 0.2) is 17.1 Å². The summed E-state index contributed by atoms with van der Waals surface area (Å²) in [6.45, 7) is 8.09. The van der Waals surface area contributed by atoms with Crippen molar-refractivity contribution in [2.24, 2.45) is 5.92 Å². The Morgan fingerprint density at radius 1 is 1.11 bits per heavy atom. The van der Waals surface area contributed by atoms with Crippen molar-refractivity contribution in [1.29, 1.82) is 0 Å². The summed E-state index contributed by atoms with van der Waals surface area (Å²) in [4.78, 5) is 7.34. The molecule has 0 amide bonds. The van der Waals surface area contributed by atoms with Crippen LogP contribution >= 0.6 is 11.6 Å². The molecule has 36 heavy (non-hydrogen) atoms. The number of halogens is 1. The molecule has 1 fully saturated rings. The van der Waals surface area contributed by atoms with E-state index in [9.17, 15) is 0 Å². The first-order valence-electron chi connectivity index (χ1n) is 12.3. The fourth-order valence-electron chi connectivity index (χ4n) is 5.01. The largest absolute Gasteiger partial charge is 0.454 e. The second-order valence-electron chi connectivity index (χ2n) is 9.30. The van der Waals surface area contributed by atoms with Crippen molar-refractivity contribution in [2.75, 3.05) is 31.7 Å². The molecule has 1 saturated heterocycles. The van der Waals surface area contributed by atoms with Gasteiger partial charge in [-0.05, 0) is 44.0 Å². The summed E-state index contributed by atoms with van der Waals surface area (Å²) in [5.74, 6) is 3.23. The van der Waals surface area contributed by atoms with Crippen LogP contribution in [0.5, 0.6) is 11.5 Å². The van der Waals surface area contributed by atoms with Crippen molar-refractivity contribution < 1.29 is 9.47 Å². The monoisotopic (exact) mass is 501 g/mol. The Kier molecular flexibility index (Phi) is 6.25. The SMILES string of the molecule is C=Cc1cnn2c(NCC3CCN(Cc4cccc5c4OCO5)CC3)cc(-c3ccccc3Cl)nc12. The highest BCUT2D eigenvalue weighted by molar-refractivity contribution is 6.33. The van der Waals surface area contributed by atoms with E-state index in [1.165, 1.54) is 5.56 Å². The molecule has 4 heterocycles. The van der Waals surface area contributed by atoms with Crippen LogP contribution in [-0.4, -0.2) is 45.9 Å². The van der Waals surface area contributed by atoms with E-state index < -0.39 is 0 Å². The zero-order valence-electron chi connectivity index (χ0n) is 20.0. The molecule has 2 aromatic heterocycles. The topological polar surface area (TPSA) is 63.9 Å². The molecule has 184 valence electrons. The number of rotatable bonds is 7. The normalized spacial score (nSPS) is 15.9. The molecule has 8 heteroatoms. The van der Waals surface area contributed by atoms with Gasteiger partial charge in [0.25, 0.3) is 0 Å². The van der Waals surface area contributed by atoms with Crippen molar-refractivity contribution in [3.63, 3.8) is 0 Å². The fourth-order valence-corrected chi connectivity index (χ4v) is 5.24. The molecule has 4 aromatic rings. The number of nitrogens with zero attached hydrogens (tertiary/aromatic N) is 4. The van der Waals surface area contributed by atoms with E-state index in [1.807, 2.05) is 47.0 Å². The molecule has 2 aromatic carbocycles. The molecule has 0 radical (unpaired) electrons. The van der Waals surface area contributed by atoms with Crippen molar-refractivity contribution in [3.05, 3.63) is 77.5 Å². The van der Waals surface area contributed by atoms with Gasteiger partial charge in [0.2, 0.25) is 6.79 Å². The Morgan fingerprint density at radius 2 is 1.97 bits per heavy atom. The smallest absolute Gasteiger partial charge is 0.231 e. The predicted molar refractivity (Wildman–Crippen MR) is 143 cm³/mol. The molecule has 2 aliphatic rings. The summed E-state index contributed by atoms with van der Waals surface area (Å²) >= 11 is 6.49. The second kappa shape index (κ2) is 9.84. The molecular formula is C28H28ClN5O2. The number of benzene rings is 2. The van der Waals surface area contributed by atoms with Crippen LogP contribution in [0.15, 0.2) is 61.3 Å². The Labute approximate surface area is 215 Å². The lowest BCUT2D eigenvalue weighted by atomic mass is 9.96. The molecule has 1 N–H and O–H groups in total. The minimum atomic E-state index is 0.311. The zero-order chi connectivity index (χ0) is 24.5. The molecule has 0 aliphatic carbocycles. The number of hydrogen-bond acceptors (Lipinski definition) is 6. The Balaban J connectivity index is 1.15. The minimum absolute atomic E-state index is 0.311. The van der Waals surface area contributed by atoms with E-state index in [-0.39, 0.29) is 0 Å². The quantitative estimate of drug-likeness (QED) is 0.348. The maximum absolute atomic E-state index is 6.49. The molecule has 7 nitrogen and oxygen atoms in total. The number of likely N-dealkylation sites (tertiary alicyclic amines) is 1. The molecule has 6 rings (SSSR count). The predicted octanol–water partition coefficient (Wildman–Crippen LogP) is 5.75. The lowest BCUT2D eigenvalue weighted by Crippen LogP contribution is -2.35. The van der Waals surface area contributed by atoms with Gasteiger partial charge in [0.05, 0.1) is 11.9 Å². The van der Waals surface area contributed by atoms with Gasteiger partial charge >= 0.3 is 0 Å². The Hall–Kier alpha value is -3.55. The first kappa shape index (κ1) is 22.9. The number of anilines is 1. The highest BCUT2D eigenvalue weighted by Gasteiger charge is 2.23. The Morgan fingerprint density at radius 3 is 2.81 bits per heavy atom. The highest BCUT2D eigenvalue weighted by atomic mass is 35.5. The Bertz CT molecular complexity index is 1410. The summed E-state index contributed by atoms with van der Waals surface area (Å²) in [5, 5.41) is 8.88. The lowest BCUT2D eigenvalue weighted by Gasteiger charge is -2.32. The van der Waals surface area contributed by atoms with Crippen molar-refractivity contribution in [3.8, 4) is 22.8 Å². The number of para-hydroxylation sites is 1. The molecule has 0 atom stereocenters. The van der Waals surface area contributed by atoms with E-state index in [0.717, 1.165) is 78.8 Å². The number of aromatic nitrogens is 3. The maximum atomic E-state index is 6.49. The summed E-state index contributed by atoms with van der Waals surface area (Å²) in [7, 11) is 0. The number of piperidine rings is 1. The third-order valence-corrected chi connectivity index (χ3v) is 7.35. The maximum Gasteiger partial charge on any atom is 0.231 e. The molecule has 0 spiro atoms. The first-order chi connectivity index (χ1) is 17.7. The van der Waals surface area contributed by atoms with Crippen LogP contribution in [0.4, 0.5) is 5.82 Å². The minimum Gasteiger partial charge on any atom is -0.454 e. The third-order valence-electron chi connectivity index (χ3n) is 7.02. The fraction of sp³-hybridized carbons (Fsp3) is 0.286. The molecule has 0 saturated carbocycles. The number of fused-ring (bicyclic) bond motifs is 2. The average molecular weight is 502 g/mol. The van der Waals surface area contributed by atoms with E-state index in [0.29, 0.717) is 17.7 Å². The first-order valence-corrected chi connectivity index (χ1v) is 12.7. The van der Waals surface area contributed by atoms with Gasteiger partial charge in [0.1, 0.15) is 5.82 Å². The third kappa shape index (κ3) is 4.40. The van der Waals surface area contributed by atoms with Gasteiger partial charge in [0, 0.05) is 40.9 Å². The highest BCUT2D eigenvalue weighted by Crippen LogP contribution is 2.36. The molecule has 2 aliphatic heterocycles. The summed E-state index contributed by atoms with van der Waals surface area (Å²) in [6.07, 6.45) is 5.83. The van der Waals surface area contributed by atoms with Crippen LogP contribution in [0.25, 0.3) is 23.0 Å². The van der Waals surface area contributed by atoms with E-state index >= 15 is 0 Å². The van der Waals surface area contributed by atoms with Crippen LogP contribution in [0.3, 0.4) is 0 Å². The van der Waals surface area contributed by atoms with Gasteiger partial charge in [-0.1, -0.05) is 54.6 Å². The number of hydrogen-bond donors (Lipinski definition) is 1. The lowest BCUT2D eigenvalue weighted by molar-refractivity contribution is 0.166. The van der Waals surface area contributed by atoms with Crippen LogP contribution < -0.4 is 14.8 Å². The zero-order valence-corrected chi connectivity index (χ0v) is 20.7. The van der Waals surface area contributed by atoms with Gasteiger partial charge in [-0.25, -0.2) is 4.98 Å². The number of ether oxygens (including phenoxy) is 2. The van der Waals surface area contributed by atoms with E-state index in [1.54, 1.807) is 12.3 Å². The van der Waals surface area contributed by atoms with Crippen LogP contribution in [0, 0.1) is 5.92 Å². The van der Waals surface area contributed by atoms with Gasteiger partial charge in [-0.3, -0.25) is 4.90 Å². The molecule has 0 unspecified atom stereocenters.